The molecule has 1 N–H and O–H groups in total. The average Bonchev–Trinajstić information content (AvgIpc) is 3.26. The second-order valence-electron chi connectivity index (χ2n) is 5.90. The summed E-state index contributed by atoms with van der Waals surface area (Å²) in [6.07, 6.45) is 0. The van der Waals surface area contributed by atoms with E-state index in [-0.39, 0.29) is 18.5 Å². The average molecular weight is 404 g/mol. The molecular formula is C20H21NO4S2. The maximum atomic E-state index is 12.0. The molecule has 3 rings (SSSR count). The van der Waals surface area contributed by atoms with Crippen molar-refractivity contribution in [2.24, 2.45) is 0 Å². The Morgan fingerprint density at radius 3 is 2.33 bits per heavy atom. The molecular weight excluding hydrogens is 382 g/mol. The van der Waals surface area contributed by atoms with Gasteiger partial charge in [-0.1, -0.05) is 24.3 Å². The first-order valence-corrected chi connectivity index (χ1v) is 10.7. The van der Waals surface area contributed by atoms with E-state index in [2.05, 4.69) is 22.2 Å². The quantitative estimate of drug-likeness (QED) is 0.712. The van der Waals surface area contributed by atoms with Crippen molar-refractivity contribution >= 4 is 35.4 Å². The third-order valence-corrected chi connectivity index (χ3v) is 7.11. The van der Waals surface area contributed by atoms with Crippen molar-refractivity contribution in [1.29, 1.82) is 0 Å². The van der Waals surface area contributed by atoms with Crippen LogP contribution in [0.4, 0.5) is 0 Å². The Morgan fingerprint density at radius 2 is 1.70 bits per heavy atom. The molecule has 2 aromatic carbocycles. The molecule has 1 fully saturated rings. The number of hydrogen-bond acceptors (Lipinski definition) is 6. The van der Waals surface area contributed by atoms with Crippen molar-refractivity contribution in [3.8, 4) is 5.75 Å². The molecule has 1 aliphatic heterocycles. The van der Waals surface area contributed by atoms with E-state index < -0.39 is 0 Å². The van der Waals surface area contributed by atoms with Gasteiger partial charge in [0.25, 0.3) is 5.91 Å². The molecule has 0 aromatic heterocycles. The lowest BCUT2D eigenvalue weighted by Gasteiger charge is -2.11. The van der Waals surface area contributed by atoms with Crippen LogP contribution in [0.25, 0.3) is 0 Å². The Kier molecular flexibility index (Phi) is 7.06. The molecule has 1 amide bonds. The van der Waals surface area contributed by atoms with Gasteiger partial charge in [-0.3, -0.25) is 4.79 Å². The predicted molar refractivity (Wildman–Crippen MR) is 109 cm³/mol. The summed E-state index contributed by atoms with van der Waals surface area (Å²) in [5.74, 6) is 2.50. The summed E-state index contributed by atoms with van der Waals surface area (Å²) < 4.78 is 10.7. The number of amides is 1. The molecule has 0 radical (unpaired) electrons. The minimum Gasteiger partial charge on any atom is -0.484 e. The van der Waals surface area contributed by atoms with Gasteiger partial charge in [0.2, 0.25) is 0 Å². The number of methoxy groups -OCH3 is 1. The normalized spacial score (nSPS) is 14.0. The van der Waals surface area contributed by atoms with Gasteiger partial charge in [-0.2, -0.15) is 0 Å². The number of benzene rings is 2. The molecule has 142 valence electrons. The second kappa shape index (κ2) is 9.71. The maximum absolute atomic E-state index is 12.0. The van der Waals surface area contributed by atoms with Gasteiger partial charge in [0.15, 0.2) is 6.61 Å². The molecule has 1 aliphatic rings. The third-order valence-electron chi connectivity index (χ3n) is 4.01. The molecule has 0 aliphatic carbocycles. The number of hydrogen-bond donors (Lipinski definition) is 1. The van der Waals surface area contributed by atoms with Crippen molar-refractivity contribution < 1.29 is 19.1 Å². The number of nitrogens with one attached hydrogen (secondary N) is 1. The van der Waals surface area contributed by atoms with Gasteiger partial charge in [0.05, 0.1) is 17.3 Å². The van der Waals surface area contributed by atoms with E-state index in [0.717, 1.165) is 5.56 Å². The van der Waals surface area contributed by atoms with Crippen molar-refractivity contribution in [1.82, 2.24) is 5.32 Å². The van der Waals surface area contributed by atoms with Crippen LogP contribution in [-0.4, -0.2) is 37.1 Å². The molecule has 0 atom stereocenters. The SMILES string of the molecule is COC(=O)c1ccc(CNC(=O)COc2ccc(C3SCCS3)cc2)cc1. The summed E-state index contributed by atoms with van der Waals surface area (Å²) in [5, 5.41) is 2.80. The molecule has 1 saturated heterocycles. The first-order valence-electron chi connectivity index (χ1n) is 8.55. The van der Waals surface area contributed by atoms with Gasteiger partial charge in [0, 0.05) is 18.1 Å². The predicted octanol–water partition coefficient (Wildman–Crippen LogP) is 3.65. The van der Waals surface area contributed by atoms with Gasteiger partial charge < -0.3 is 14.8 Å². The molecule has 5 nitrogen and oxygen atoms in total. The van der Waals surface area contributed by atoms with Gasteiger partial charge in [-0.05, 0) is 35.4 Å². The number of carbonyl (C=O) groups is 2. The van der Waals surface area contributed by atoms with Gasteiger partial charge in [-0.25, -0.2) is 4.79 Å². The van der Waals surface area contributed by atoms with Crippen molar-refractivity contribution in [2.75, 3.05) is 25.2 Å². The van der Waals surface area contributed by atoms with Crippen LogP contribution in [0.5, 0.6) is 5.75 Å². The molecule has 0 bridgehead atoms. The highest BCUT2D eigenvalue weighted by Gasteiger charge is 2.18. The van der Waals surface area contributed by atoms with E-state index in [1.165, 1.54) is 24.2 Å². The Bertz CT molecular complexity index is 772. The van der Waals surface area contributed by atoms with E-state index in [4.69, 9.17) is 4.74 Å². The molecule has 0 spiro atoms. The largest absolute Gasteiger partial charge is 0.484 e. The molecule has 7 heteroatoms. The topological polar surface area (TPSA) is 64.6 Å². The summed E-state index contributed by atoms with van der Waals surface area (Å²) in [4.78, 5) is 23.4. The van der Waals surface area contributed by atoms with Gasteiger partial charge in [-0.15, -0.1) is 23.5 Å². The minimum absolute atomic E-state index is 0.0352. The van der Waals surface area contributed by atoms with Crippen LogP contribution in [0.15, 0.2) is 48.5 Å². The Morgan fingerprint density at radius 1 is 1.04 bits per heavy atom. The van der Waals surface area contributed by atoms with E-state index in [9.17, 15) is 9.59 Å². The van der Waals surface area contributed by atoms with Crippen molar-refractivity contribution in [3.63, 3.8) is 0 Å². The molecule has 0 saturated carbocycles. The standard InChI is InChI=1S/C20H21NO4S2/c1-24-19(23)15-4-2-14(3-5-15)12-21-18(22)13-25-17-8-6-16(7-9-17)20-26-10-11-27-20/h2-9,20H,10-13H2,1H3,(H,21,22). The number of carbonyl (C=O) groups excluding carboxylic acids is 2. The lowest BCUT2D eigenvalue weighted by Crippen LogP contribution is -2.28. The zero-order valence-corrected chi connectivity index (χ0v) is 16.6. The monoisotopic (exact) mass is 403 g/mol. The van der Waals surface area contributed by atoms with E-state index in [1.54, 1.807) is 24.3 Å². The molecule has 27 heavy (non-hydrogen) atoms. The highest BCUT2D eigenvalue weighted by Crippen LogP contribution is 2.45. The lowest BCUT2D eigenvalue weighted by molar-refractivity contribution is -0.123. The molecule has 0 unspecified atom stereocenters. The van der Waals surface area contributed by atoms with Crippen LogP contribution in [-0.2, 0) is 16.1 Å². The highest BCUT2D eigenvalue weighted by molar-refractivity contribution is 8.19. The van der Waals surface area contributed by atoms with Crippen LogP contribution in [0.1, 0.15) is 26.1 Å². The van der Waals surface area contributed by atoms with E-state index in [0.29, 0.717) is 22.4 Å². The number of thioether (sulfide) groups is 2. The van der Waals surface area contributed by atoms with Crippen LogP contribution in [0.2, 0.25) is 0 Å². The van der Waals surface area contributed by atoms with Crippen LogP contribution in [0, 0.1) is 0 Å². The van der Waals surface area contributed by atoms with Crippen LogP contribution >= 0.6 is 23.5 Å². The van der Waals surface area contributed by atoms with Crippen LogP contribution in [0.3, 0.4) is 0 Å². The number of esters is 1. The Balaban J connectivity index is 1.42. The smallest absolute Gasteiger partial charge is 0.337 e. The van der Waals surface area contributed by atoms with Gasteiger partial charge in [0.1, 0.15) is 5.75 Å². The summed E-state index contributed by atoms with van der Waals surface area (Å²) in [6.45, 7) is 0.339. The summed E-state index contributed by atoms with van der Waals surface area (Å²) in [5.41, 5.74) is 2.66. The number of rotatable bonds is 7. The van der Waals surface area contributed by atoms with Gasteiger partial charge >= 0.3 is 5.97 Å². The first-order chi connectivity index (χ1) is 13.2. The fraction of sp³-hybridized carbons (Fsp3) is 0.300. The fourth-order valence-corrected chi connectivity index (χ4v) is 5.41. The molecule has 1 heterocycles. The zero-order chi connectivity index (χ0) is 19.1. The minimum atomic E-state index is -0.380. The maximum Gasteiger partial charge on any atom is 0.337 e. The molecule has 2 aromatic rings. The van der Waals surface area contributed by atoms with Crippen LogP contribution < -0.4 is 10.1 Å². The van der Waals surface area contributed by atoms with Crippen molar-refractivity contribution in [2.45, 2.75) is 11.1 Å². The third kappa shape index (κ3) is 5.68. The van der Waals surface area contributed by atoms with E-state index >= 15 is 0 Å². The number of ether oxygens (including phenoxy) is 2. The lowest BCUT2D eigenvalue weighted by atomic mass is 10.1. The van der Waals surface area contributed by atoms with Crippen molar-refractivity contribution in [3.05, 3.63) is 65.2 Å². The summed E-state index contributed by atoms with van der Waals surface area (Å²) in [7, 11) is 1.34. The Hall–Kier alpha value is -2.12. The fourth-order valence-electron chi connectivity index (χ4n) is 2.55. The van der Waals surface area contributed by atoms with E-state index in [1.807, 2.05) is 35.7 Å². The Labute approximate surface area is 167 Å². The summed E-state index contributed by atoms with van der Waals surface area (Å²) in [6, 6.07) is 14.9. The highest BCUT2D eigenvalue weighted by atomic mass is 32.2. The second-order valence-corrected chi connectivity index (χ2v) is 8.62. The first kappa shape index (κ1) is 19.6. The zero-order valence-electron chi connectivity index (χ0n) is 15.0. The summed E-state index contributed by atoms with van der Waals surface area (Å²) >= 11 is 3.92.